The van der Waals surface area contributed by atoms with Crippen molar-refractivity contribution in [2.75, 3.05) is 18.0 Å². The molecule has 0 unspecified atom stereocenters. The zero-order valence-electron chi connectivity index (χ0n) is 13.6. The third-order valence-corrected chi connectivity index (χ3v) is 3.97. The van der Waals surface area contributed by atoms with Crippen LogP contribution in [0.15, 0.2) is 22.7 Å². The highest BCUT2D eigenvalue weighted by Crippen LogP contribution is 2.27. The average molecular weight is 341 g/mol. The van der Waals surface area contributed by atoms with Gasteiger partial charge >= 0.3 is 0 Å². The molecule has 0 amide bonds. The molecule has 0 saturated carbocycles. The third-order valence-electron chi connectivity index (χ3n) is 3.34. The van der Waals surface area contributed by atoms with Gasteiger partial charge in [-0.2, -0.15) is 0 Å². The normalized spacial score (nSPS) is 11.7. The number of hydrogen-bond acceptors (Lipinski definition) is 2. The van der Waals surface area contributed by atoms with E-state index in [4.69, 9.17) is 0 Å². The summed E-state index contributed by atoms with van der Waals surface area (Å²) in [6.45, 7) is 14.1. The van der Waals surface area contributed by atoms with Gasteiger partial charge in [-0.15, -0.1) is 0 Å². The van der Waals surface area contributed by atoms with Crippen molar-refractivity contribution in [2.24, 2.45) is 0 Å². The van der Waals surface area contributed by atoms with E-state index in [1.807, 2.05) is 0 Å². The van der Waals surface area contributed by atoms with Crippen molar-refractivity contribution >= 4 is 21.6 Å². The molecule has 0 aliphatic carbocycles. The van der Waals surface area contributed by atoms with Gasteiger partial charge in [-0.1, -0.05) is 19.4 Å². The average Bonchev–Trinajstić information content (AvgIpc) is 2.38. The van der Waals surface area contributed by atoms with Crippen LogP contribution < -0.4 is 10.2 Å². The summed E-state index contributed by atoms with van der Waals surface area (Å²) in [6.07, 6.45) is 2.48. The molecule has 0 heterocycles. The first-order chi connectivity index (χ1) is 9.37. The summed E-state index contributed by atoms with van der Waals surface area (Å²) < 4.78 is 1.20. The summed E-state index contributed by atoms with van der Waals surface area (Å²) in [4.78, 5) is 2.44. The van der Waals surface area contributed by atoms with Crippen molar-refractivity contribution < 1.29 is 0 Å². The summed E-state index contributed by atoms with van der Waals surface area (Å²) in [5.41, 5.74) is 2.78. The molecule has 0 fully saturated rings. The summed E-state index contributed by atoms with van der Waals surface area (Å²) >= 11 is 3.73. The van der Waals surface area contributed by atoms with Crippen LogP contribution in [0.3, 0.4) is 0 Å². The maximum Gasteiger partial charge on any atom is 0.0510 e. The Kier molecular flexibility index (Phi) is 7.04. The van der Waals surface area contributed by atoms with Gasteiger partial charge in [0.2, 0.25) is 0 Å². The van der Waals surface area contributed by atoms with Crippen LogP contribution in [0.1, 0.15) is 53.0 Å². The Morgan fingerprint density at radius 3 is 2.40 bits per heavy atom. The molecule has 2 nitrogen and oxygen atoms in total. The predicted octanol–water partition coefficient (Wildman–Crippen LogP) is 4.96. The third kappa shape index (κ3) is 5.84. The Morgan fingerprint density at radius 1 is 1.20 bits per heavy atom. The molecule has 0 aromatic heterocycles. The van der Waals surface area contributed by atoms with Crippen LogP contribution in [0.25, 0.3) is 0 Å². The molecular weight excluding hydrogens is 312 g/mol. The number of unbranched alkanes of at least 4 members (excludes halogenated alkanes) is 1. The van der Waals surface area contributed by atoms with Crippen molar-refractivity contribution in [1.29, 1.82) is 0 Å². The quantitative estimate of drug-likeness (QED) is 0.754. The van der Waals surface area contributed by atoms with E-state index >= 15 is 0 Å². The fourth-order valence-electron chi connectivity index (χ4n) is 2.08. The Balaban J connectivity index is 2.76. The Bertz CT molecular complexity index is 410. The summed E-state index contributed by atoms with van der Waals surface area (Å²) in [6, 6.07) is 6.71. The SMILES string of the molecule is CCCCN(CC)c1ccc(CNC(C)(C)C)cc1Br. The van der Waals surface area contributed by atoms with Crippen molar-refractivity contribution in [3.8, 4) is 0 Å². The van der Waals surface area contributed by atoms with E-state index in [-0.39, 0.29) is 5.54 Å². The van der Waals surface area contributed by atoms with Gasteiger partial charge in [-0.05, 0) is 67.7 Å². The van der Waals surface area contributed by atoms with Gasteiger partial charge in [0.25, 0.3) is 0 Å². The number of benzene rings is 1. The molecule has 0 aliphatic rings. The lowest BCUT2D eigenvalue weighted by Gasteiger charge is -2.25. The van der Waals surface area contributed by atoms with Gasteiger partial charge in [0.15, 0.2) is 0 Å². The molecule has 1 aromatic rings. The van der Waals surface area contributed by atoms with E-state index in [2.05, 4.69) is 79.0 Å². The first-order valence-corrected chi connectivity index (χ1v) is 8.45. The molecule has 3 heteroatoms. The monoisotopic (exact) mass is 340 g/mol. The number of hydrogen-bond donors (Lipinski definition) is 1. The molecule has 114 valence electrons. The van der Waals surface area contributed by atoms with Gasteiger partial charge < -0.3 is 10.2 Å². The van der Waals surface area contributed by atoms with Crippen LogP contribution in [0.2, 0.25) is 0 Å². The first kappa shape index (κ1) is 17.5. The van der Waals surface area contributed by atoms with Gasteiger partial charge in [-0.3, -0.25) is 0 Å². The number of nitrogens with zero attached hydrogens (tertiary/aromatic N) is 1. The van der Waals surface area contributed by atoms with E-state index in [9.17, 15) is 0 Å². The van der Waals surface area contributed by atoms with E-state index in [0.717, 1.165) is 19.6 Å². The second-order valence-electron chi connectivity index (χ2n) is 6.32. The smallest absolute Gasteiger partial charge is 0.0510 e. The van der Waals surface area contributed by atoms with Gasteiger partial charge in [0.05, 0.1) is 5.69 Å². The minimum Gasteiger partial charge on any atom is -0.371 e. The Labute approximate surface area is 133 Å². The highest BCUT2D eigenvalue weighted by molar-refractivity contribution is 9.10. The molecule has 0 atom stereocenters. The number of halogens is 1. The predicted molar refractivity (Wildman–Crippen MR) is 93.5 cm³/mol. The highest BCUT2D eigenvalue weighted by atomic mass is 79.9. The van der Waals surface area contributed by atoms with Crippen molar-refractivity contribution in [1.82, 2.24) is 5.32 Å². The lowest BCUT2D eigenvalue weighted by atomic mass is 10.1. The van der Waals surface area contributed by atoms with Gasteiger partial charge in [0.1, 0.15) is 0 Å². The van der Waals surface area contributed by atoms with Crippen molar-refractivity contribution in [2.45, 2.75) is 59.5 Å². The molecule has 1 N–H and O–H groups in total. The molecule has 20 heavy (non-hydrogen) atoms. The minimum absolute atomic E-state index is 0.154. The largest absolute Gasteiger partial charge is 0.371 e. The molecule has 1 rings (SSSR count). The van der Waals surface area contributed by atoms with Crippen LogP contribution in [0.5, 0.6) is 0 Å². The Morgan fingerprint density at radius 2 is 1.90 bits per heavy atom. The Hall–Kier alpha value is -0.540. The van der Waals surface area contributed by atoms with E-state index in [1.54, 1.807) is 0 Å². The minimum atomic E-state index is 0.154. The standard InChI is InChI=1S/C17H29BrN2/c1-6-8-11-20(7-2)16-10-9-14(12-15(16)18)13-19-17(3,4)5/h9-10,12,19H,6-8,11,13H2,1-5H3. The van der Waals surface area contributed by atoms with Crippen LogP contribution in [0, 0.1) is 0 Å². The molecule has 0 radical (unpaired) electrons. The van der Waals surface area contributed by atoms with E-state index in [0.29, 0.717) is 0 Å². The number of anilines is 1. The maximum absolute atomic E-state index is 3.73. The van der Waals surface area contributed by atoms with Gasteiger partial charge in [-0.25, -0.2) is 0 Å². The zero-order valence-corrected chi connectivity index (χ0v) is 15.2. The van der Waals surface area contributed by atoms with Crippen LogP contribution in [-0.2, 0) is 6.54 Å². The number of nitrogens with one attached hydrogen (secondary N) is 1. The first-order valence-electron chi connectivity index (χ1n) is 7.65. The number of rotatable bonds is 7. The van der Waals surface area contributed by atoms with Crippen LogP contribution in [-0.4, -0.2) is 18.6 Å². The highest BCUT2D eigenvalue weighted by Gasteiger charge is 2.11. The van der Waals surface area contributed by atoms with Crippen LogP contribution >= 0.6 is 15.9 Å². The molecular formula is C17H29BrN2. The molecule has 0 aliphatic heterocycles. The second kappa shape index (κ2) is 8.04. The summed E-state index contributed by atoms with van der Waals surface area (Å²) in [5, 5.41) is 3.53. The zero-order chi connectivity index (χ0) is 15.2. The van der Waals surface area contributed by atoms with E-state index < -0.39 is 0 Å². The fourth-order valence-corrected chi connectivity index (χ4v) is 2.76. The molecule has 0 spiro atoms. The van der Waals surface area contributed by atoms with Crippen LogP contribution in [0.4, 0.5) is 5.69 Å². The molecule has 0 saturated heterocycles. The second-order valence-corrected chi connectivity index (χ2v) is 7.18. The summed E-state index contributed by atoms with van der Waals surface area (Å²) in [5.74, 6) is 0. The molecule has 1 aromatic carbocycles. The fraction of sp³-hybridized carbons (Fsp3) is 0.647. The van der Waals surface area contributed by atoms with Crippen molar-refractivity contribution in [3.63, 3.8) is 0 Å². The summed E-state index contributed by atoms with van der Waals surface area (Å²) in [7, 11) is 0. The molecule has 0 bridgehead atoms. The topological polar surface area (TPSA) is 15.3 Å². The lowest BCUT2D eigenvalue weighted by molar-refractivity contribution is 0.424. The van der Waals surface area contributed by atoms with E-state index in [1.165, 1.54) is 28.6 Å². The maximum atomic E-state index is 3.73. The lowest BCUT2D eigenvalue weighted by Crippen LogP contribution is -2.35. The van der Waals surface area contributed by atoms with Gasteiger partial charge in [0, 0.05) is 29.6 Å². The van der Waals surface area contributed by atoms with Crippen molar-refractivity contribution in [3.05, 3.63) is 28.2 Å².